The maximum atomic E-state index is 11.3. The third kappa shape index (κ3) is 3.12. The molecular formula is C19H27NO2. The van der Waals surface area contributed by atoms with Gasteiger partial charge in [0.15, 0.2) is 0 Å². The van der Waals surface area contributed by atoms with Crippen molar-refractivity contribution in [3.05, 3.63) is 48.0 Å². The van der Waals surface area contributed by atoms with Crippen LogP contribution in [0.1, 0.15) is 42.7 Å². The van der Waals surface area contributed by atoms with Crippen LogP contribution in [-0.2, 0) is 11.3 Å². The van der Waals surface area contributed by atoms with E-state index >= 15 is 0 Å². The Morgan fingerprint density at radius 2 is 2.09 bits per heavy atom. The number of aliphatic hydroxyl groups is 1. The van der Waals surface area contributed by atoms with Crippen LogP contribution in [0.3, 0.4) is 0 Å². The molecule has 3 heteroatoms. The minimum atomic E-state index is -0.598. The average molecular weight is 301 g/mol. The number of hydrogen-bond donors (Lipinski definition) is 1. The largest absolute Gasteiger partial charge is 0.389 e. The quantitative estimate of drug-likeness (QED) is 0.868. The Kier molecular flexibility index (Phi) is 4.67. The van der Waals surface area contributed by atoms with Crippen molar-refractivity contribution in [3.8, 4) is 0 Å². The molecule has 1 heterocycles. The summed E-state index contributed by atoms with van der Waals surface area (Å²) >= 11 is 0. The van der Waals surface area contributed by atoms with Crippen LogP contribution in [0.25, 0.3) is 0 Å². The summed E-state index contributed by atoms with van der Waals surface area (Å²) in [6.45, 7) is 6.23. The van der Waals surface area contributed by atoms with Gasteiger partial charge < -0.3 is 14.7 Å². The first kappa shape index (κ1) is 15.7. The van der Waals surface area contributed by atoms with Crippen molar-refractivity contribution in [1.82, 2.24) is 4.90 Å². The minimum absolute atomic E-state index is 0.211. The van der Waals surface area contributed by atoms with Crippen LogP contribution in [0.4, 0.5) is 0 Å². The lowest BCUT2D eigenvalue weighted by molar-refractivity contribution is -0.0723. The van der Waals surface area contributed by atoms with Gasteiger partial charge in [-0.25, -0.2) is 0 Å². The molecule has 1 fully saturated rings. The zero-order valence-electron chi connectivity index (χ0n) is 13.5. The molecule has 0 saturated heterocycles. The minimum Gasteiger partial charge on any atom is -0.389 e. The Balaban J connectivity index is 1.75. The molecule has 0 radical (unpaired) electrons. The zero-order chi connectivity index (χ0) is 15.6. The van der Waals surface area contributed by atoms with Gasteiger partial charge in [0, 0.05) is 19.0 Å². The molecule has 2 aliphatic rings. The molecule has 22 heavy (non-hydrogen) atoms. The maximum Gasteiger partial charge on any atom is 0.0730 e. The van der Waals surface area contributed by atoms with Crippen LogP contribution in [0, 0.1) is 0 Å². The topological polar surface area (TPSA) is 32.7 Å². The number of fused-ring (bicyclic) bond motifs is 1. The molecule has 1 aliphatic carbocycles. The molecular weight excluding hydrogens is 274 g/mol. The summed E-state index contributed by atoms with van der Waals surface area (Å²) in [4.78, 5) is 2.32. The molecule has 1 aliphatic heterocycles. The Morgan fingerprint density at radius 1 is 1.36 bits per heavy atom. The van der Waals surface area contributed by atoms with E-state index in [-0.39, 0.29) is 12.0 Å². The van der Waals surface area contributed by atoms with Crippen LogP contribution < -0.4 is 0 Å². The van der Waals surface area contributed by atoms with E-state index < -0.39 is 5.60 Å². The van der Waals surface area contributed by atoms with Crippen LogP contribution >= 0.6 is 0 Å². The predicted octanol–water partition coefficient (Wildman–Crippen LogP) is 3.09. The molecule has 3 rings (SSSR count). The molecule has 3 nitrogen and oxygen atoms in total. The molecule has 1 atom stereocenters. The first-order valence-electron chi connectivity index (χ1n) is 8.33. The lowest BCUT2D eigenvalue weighted by atomic mass is 9.70. The van der Waals surface area contributed by atoms with Crippen LogP contribution in [-0.4, -0.2) is 41.9 Å². The lowest BCUT2D eigenvalue weighted by Crippen LogP contribution is -2.47. The van der Waals surface area contributed by atoms with E-state index in [0.717, 1.165) is 38.8 Å². The first-order chi connectivity index (χ1) is 10.6. The summed E-state index contributed by atoms with van der Waals surface area (Å²) in [5, 5.41) is 11.3. The van der Waals surface area contributed by atoms with Gasteiger partial charge in [0.25, 0.3) is 0 Å². The maximum absolute atomic E-state index is 11.3. The van der Waals surface area contributed by atoms with Gasteiger partial charge in [-0.3, -0.25) is 0 Å². The van der Waals surface area contributed by atoms with Gasteiger partial charge in [0.05, 0.1) is 18.3 Å². The number of rotatable bonds is 4. The van der Waals surface area contributed by atoms with Crippen LogP contribution in [0.2, 0.25) is 0 Å². The van der Waals surface area contributed by atoms with Crippen molar-refractivity contribution in [2.24, 2.45) is 0 Å². The fraction of sp³-hybridized carbons (Fsp3) is 0.579. The summed E-state index contributed by atoms with van der Waals surface area (Å²) < 4.78 is 5.76. The monoisotopic (exact) mass is 301 g/mol. The Bertz CT molecular complexity index is 520. The summed E-state index contributed by atoms with van der Waals surface area (Å²) in [5.41, 5.74) is 2.10. The molecule has 0 amide bonds. The second-order valence-corrected chi connectivity index (χ2v) is 6.87. The number of benzene rings is 1. The summed E-state index contributed by atoms with van der Waals surface area (Å²) in [7, 11) is 2.14. The molecule has 1 unspecified atom stereocenters. The fourth-order valence-electron chi connectivity index (χ4n) is 4.05. The highest BCUT2D eigenvalue weighted by atomic mass is 16.5. The zero-order valence-corrected chi connectivity index (χ0v) is 13.5. The highest BCUT2D eigenvalue weighted by Crippen LogP contribution is 2.43. The number of hydrogen-bond acceptors (Lipinski definition) is 3. The molecule has 1 aromatic rings. The lowest BCUT2D eigenvalue weighted by Gasteiger charge is -2.45. The van der Waals surface area contributed by atoms with Crippen molar-refractivity contribution in [3.63, 3.8) is 0 Å². The van der Waals surface area contributed by atoms with E-state index in [1.54, 1.807) is 6.08 Å². The summed E-state index contributed by atoms with van der Waals surface area (Å²) in [6.07, 6.45) is 5.59. The van der Waals surface area contributed by atoms with Crippen LogP contribution in [0.15, 0.2) is 36.9 Å². The first-order valence-corrected chi connectivity index (χ1v) is 8.33. The van der Waals surface area contributed by atoms with Gasteiger partial charge >= 0.3 is 0 Å². The second-order valence-electron chi connectivity index (χ2n) is 6.87. The summed E-state index contributed by atoms with van der Waals surface area (Å²) in [6, 6.07) is 8.59. The predicted molar refractivity (Wildman–Crippen MR) is 88.9 cm³/mol. The van der Waals surface area contributed by atoms with Gasteiger partial charge in [-0.1, -0.05) is 30.3 Å². The van der Waals surface area contributed by atoms with E-state index in [9.17, 15) is 5.11 Å². The van der Waals surface area contributed by atoms with Crippen molar-refractivity contribution >= 4 is 0 Å². The van der Waals surface area contributed by atoms with E-state index in [2.05, 4.69) is 42.8 Å². The van der Waals surface area contributed by atoms with E-state index in [0.29, 0.717) is 6.61 Å². The molecule has 1 saturated carbocycles. The number of ether oxygens (including phenoxy) is 1. The highest BCUT2D eigenvalue weighted by molar-refractivity contribution is 5.35. The molecule has 0 spiro atoms. The van der Waals surface area contributed by atoms with Gasteiger partial charge in [0.2, 0.25) is 0 Å². The highest BCUT2D eigenvalue weighted by Gasteiger charge is 2.43. The smallest absolute Gasteiger partial charge is 0.0730 e. The Hall–Kier alpha value is -1.16. The van der Waals surface area contributed by atoms with Crippen molar-refractivity contribution in [2.45, 2.75) is 49.9 Å². The summed E-state index contributed by atoms with van der Waals surface area (Å²) in [5.74, 6) is 0.211. The van der Waals surface area contributed by atoms with Crippen LogP contribution in [0.5, 0.6) is 0 Å². The molecule has 0 bridgehead atoms. The fourth-order valence-corrected chi connectivity index (χ4v) is 4.05. The van der Waals surface area contributed by atoms with Gasteiger partial charge in [0.1, 0.15) is 0 Å². The second kappa shape index (κ2) is 6.53. The Labute approximate surface area is 133 Å². The molecule has 1 aromatic carbocycles. The average Bonchev–Trinajstić information content (AvgIpc) is 2.53. The Morgan fingerprint density at radius 3 is 2.82 bits per heavy atom. The van der Waals surface area contributed by atoms with Gasteiger partial charge in [-0.05, 0) is 43.9 Å². The van der Waals surface area contributed by atoms with Gasteiger partial charge in [-0.2, -0.15) is 0 Å². The van der Waals surface area contributed by atoms with E-state index in [1.165, 1.54) is 11.1 Å². The standard InChI is InChI=1S/C19H27NO2/c1-3-12-22-16-8-10-19(21,11-9-16)18-14-20(2)13-15-6-4-5-7-17(15)18/h3-7,16,18,21H,1,8-14H2,2H3. The SMILES string of the molecule is C=CCOC1CCC(O)(C2CN(C)Cc3ccccc32)CC1. The molecule has 120 valence electrons. The normalized spacial score (nSPS) is 32.5. The van der Waals surface area contributed by atoms with Crippen molar-refractivity contribution in [1.29, 1.82) is 0 Å². The van der Waals surface area contributed by atoms with E-state index in [4.69, 9.17) is 4.74 Å². The van der Waals surface area contributed by atoms with Gasteiger partial charge in [-0.15, -0.1) is 6.58 Å². The number of nitrogens with zero attached hydrogens (tertiary/aromatic N) is 1. The molecule has 0 aromatic heterocycles. The van der Waals surface area contributed by atoms with E-state index in [1.807, 2.05) is 0 Å². The number of likely N-dealkylation sites (N-methyl/N-ethyl adjacent to an activating group) is 1. The van der Waals surface area contributed by atoms with Crippen molar-refractivity contribution < 1.29 is 9.84 Å². The van der Waals surface area contributed by atoms with Crippen molar-refractivity contribution in [2.75, 3.05) is 20.2 Å². The third-order valence-electron chi connectivity index (χ3n) is 5.26. The third-order valence-corrected chi connectivity index (χ3v) is 5.26. The molecule has 1 N–H and O–H groups in total.